The lowest BCUT2D eigenvalue weighted by Gasteiger charge is -2.01. The summed E-state index contributed by atoms with van der Waals surface area (Å²) in [6.45, 7) is 1.99. The first kappa shape index (κ1) is 14.3. The fourth-order valence-electron chi connectivity index (χ4n) is 1.24. The van der Waals surface area contributed by atoms with E-state index in [0.717, 1.165) is 25.0 Å². The molecule has 0 heterocycles. The van der Waals surface area contributed by atoms with Crippen molar-refractivity contribution < 1.29 is 9.53 Å². The number of carbonyl (C=O) groups excluding carboxylic acids is 1. The van der Waals surface area contributed by atoms with Crippen LogP contribution < -0.4 is 0 Å². The Labute approximate surface area is 96.2 Å². The number of nitriles is 1. The minimum Gasteiger partial charge on any atom is -0.466 e. The molecule has 0 amide bonds. The van der Waals surface area contributed by atoms with Crippen molar-refractivity contribution in [2.75, 3.05) is 12.4 Å². The summed E-state index contributed by atoms with van der Waals surface area (Å²) in [4.78, 5) is 10.4. The van der Waals surface area contributed by atoms with Crippen LogP contribution in [0.3, 0.4) is 0 Å². The molecule has 0 saturated carbocycles. The standard InChI is InChI=1S/C11H19NO2S/c1-11(13)14-8-6-4-2-3-5-7-9-15-10-12/h2-9H2,1H3. The lowest BCUT2D eigenvalue weighted by Crippen LogP contribution is -2.00. The summed E-state index contributed by atoms with van der Waals surface area (Å²) in [5, 5.41) is 10.3. The maximum absolute atomic E-state index is 10.4. The van der Waals surface area contributed by atoms with Gasteiger partial charge in [0.05, 0.1) is 6.61 Å². The molecule has 0 aromatic heterocycles. The molecule has 0 bridgehead atoms. The van der Waals surface area contributed by atoms with Crippen LogP contribution in [-0.4, -0.2) is 18.3 Å². The summed E-state index contributed by atoms with van der Waals surface area (Å²) < 4.78 is 4.82. The zero-order valence-electron chi connectivity index (χ0n) is 9.33. The van der Waals surface area contributed by atoms with Crippen LogP contribution in [0.15, 0.2) is 0 Å². The average molecular weight is 229 g/mol. The van der Waals surface area contributed by atoms with Gasteiger partial charge < -0.3 is 4.74 Å². The van der Waals surface area contributed by atoms with Crippen molar-refractivity contribution in [2.45, 2.75) is 45.4 Å². The monoisotopic (exact) mass is 229 g/mol. The van der Waals surface area contributed by atoms with E-state index in [0.29, 0.717) is 6.61 Å². The van der Waals surface area contributed by atoms with Crippen LogP contribution in [0.1, 0.15) is 45.4 Å². The Balaban J connectivity index is 2.93. The van der Waals surface area contributed by atoms with E-state index >= 15 is 0 Å². The molecule has 0 aliphatic carbocycles. The fraction of sp³-hybridized carbons (Fsp3) is 0.818. The van der Waals surface area contributed by atoms with Crippen LogP contribution in [0.4, 0.5) is 0 Å². The molecule has 0 aliphatic heterocycles. The highest BCUT2D eigenvalue weighted by Crippen LogP contribution is 2.08. The zero-order valence-corrected chi connectivity index (χ0v) is 10.1. The number of esters is 1. The number of nitrogens with zero attached hydrogens (tertiary/aromatic N) is 1. The SMILES string of the molecule is CC(=O)OCCCCCCCCSC#N. The number of rotatable bonds is 9. The molecular formula is C11H19NO2S. The number of unbranched alkanes of at least 4 members (excludes halogenated alkanes) is 5. The highest BCUT2D eigenvalue weighted by Gasteiger charge is 1.94. The maximum Gasteiger partial charge on any atom is 0.302 e. The molecule has 3 nitrogen and oxygen atoms in total. The molecule has 0 fully saturated rings. The first-order valence-electron chi connectivity index (χ1n) is 5.41. The van der Waals surface area contributed by atoms with E-state index < -0.39 is 0 Å². The molecule has 86 valence electrons. The molecule has 0 aliphatic rings. The van der Waals surface area contributed by atoms with Crippen LogP contribution in [0.2, 0.25) is 0 Å². The van der Waals surface area contributed by atoms with E-state index in [4.69, 9.17) is 10.00 Å². The molecule has 0 atom stereocenters. The minimum absolute atomic E-state index is 0.191. The van der Waals surface area contributed by atoms with Crippen molar-refractivity contribution >= 4 is 17.7 Å². The molecule has 0 N–H and O–H groups in total. The van der Waals surface area contributed by atoms with Crippen molar-refractivity contribution in [3.63, 3.8) is 0 Å². The van der Waals surface area contributed by atoms with Gasteiger partial charge in [0.25, 0.3) is 0 Å². The van der Waals surface area contributed by atoms with Crippen molar-refractivity contribution in [3.8, 4) is 5.40 Å². The second-order valence-corrected chi connectivity index (χ2v) is 4.28. The van der Waals surface area contributed by atoms with Gasteiger partial charge in [-0.25, -0.2) is 0 Å². The van der Waals surface area contributed by atoms with Crippen LogP contribution in [0, 0.1) is 10.7 Å². The number of hydrogen-bond donors (Lipinski definition) is 0. The Morgan fingerprint density at radius 3 is 2.40 bits per heavy atom. The minimum atomic E-state index is -0.191. The smallest absolute Gasteiger partial charge is 0.302 e. The van der Waals surface area contributed by atoms with Gasteiger partial charge in [-0.15, -0.1) is 0 Å². The highest BCUT2D eigenvalue weighted by atomic mass is 32.2. The molecule has 15 heavy (non-hydrogen) atoms. The quantitative estimate of drug-likeness (QED) is 0.346. The first-order valence-corrected chi connectivity index (χ1v) is 6.40. The highest BCUT2D eigenvalue weighted by molar-refractivity contribution is 8.03. The summed E-state index contributed by atoms with van der Waals surface area (Å²) in [6, 6.07) is 0. The van der Waals surface area contributed by atoms with Gasteiger partial charge >= 0.3 is 5.97 Å². The van der Waals surface area contributed by atoms with Gasteiger partial charge in [-0.2, -0.15) is 5.26 Å². The van der Waals surface area contributed by atoms with Gasteiger partial charge in [0, 0.05) is 12.7 Å². The number of carbonyl (C=O) groups is 1. The Morgan fingerprint density at radius 2 is 1.80 bits per heavy atom. The van der Waals surface area contributed by atoms with Gasteiger partial charge in [0.2, 0.25) is 0 Å². The lowest BCUT2D eigenvalue weighted by molar-refractivity contribution is -0.141. The van der Waals surface area contributed by atoms with Crippen LogP contribution >= 0.6 is 11.8 Å². The Kier molecular flexibility index (Phi) is 10.9. The summed E-state index contributed by atoms with van der Waals surface area (Å²) in [5.74, 6) is 0.757. The Morgan fingerprint density at radius 1 is 1.20 bits per heavy atom. The molecular weight excluding hydrogens is 210 g/mol. The van der Waals surface area contributed by atoms with Gasteiger partial charge in [-0.3, -0.25) is 4.79 Å². The molecule has 0 saturated heterocycles. The number of thiocyanates is 1. The Hall–Kier alpha value is -0.690. The lowest BCUT2D eigenvalue weighted by atomic mass is 10.1. The van der Waals surface area contributed by atoms with E-state index in [1.165, 1.54) is 37.9 Å². The molecule has 0 aromatic carbocycles. The third kappa shape index (κ3) is 13.3. The van der Waals surface area contributed by atoms with Crippen LogP contribution in [-0.2, 0) is 9.53 Å². The van der Waals surface area contributed by atoms with Gasteiger partial charge in [0.15, 0.2) is 0 Å². The van der Waals surface area contributed by atoms with Crippen molar-refractivity contribution in [1.82, 2.24) is 0 Å². The molecule has 0 unspecified atom stereocenters. The third-order valence-electron chi connectivity index (χ3n) is 2.01. The predicted octanol–water partition coefficient (Wildman–Crippen LogP) is 3.10. The van der Waals surface area contributed by atoms with Gasteiger partial charge in [-0.05, 0) is 24.6 Å². The van der Waals surface area contributed by atoms with Crippen molar-refractivity contribution in [3.05, 3.63) is 0 Å². The van der Waals surface area contributed by atoms with Crippen LogP contribution in [0.5, 0.6) is 0 Å². The van der Waals surface area contributed by atoms with E-state index in [-0.39, 0.29) is 5.97 Å². The molecule has 0 rings (SSSR count). The van der Waals surface area contributed by atoms with E-state index in [2.05, 4.69) is 5.40 Å². The fourth-order valence-corrected chi connectivity index (χ4v) is 1.68. The Bertz CT molecular complexity index is 201. The summed E-state index contributed by atoms with van der Waals surface area (Å²) in [6.07, 6.45) is 6.82. The van der Waals surface area contributed by atoms with Crippen molar-refractivity contribution in [1.29, 1.82) is 5.26 Å². The maximum atomic E-state index is 10.4. The normalized spacial score (nSPS) is 9.60. The predicted molar refractivity (Wildman–Crippen MR) is 62.4 cm³/mol. The number of ether oxygens (including phenoxy) is 1. The topological polar surface area (TPSA) is 50.1 Å². The van der Waals surface area contributed by atoms with E-state index in [1.54, 1.807) is 0 Å². The average Bonchev–Trinajstić information content (AvgIpc) is 2.20. The summed E-state index contributed by atoms with van der Waals surface area (Å²) >= 11 is 1.33. The first-order chi connectivity index (χ1) is 7.27. The largest absolute Gasteiger partial charge is 0.466 e. The van der Waals surface area contributed by atoms with Crippen LogP contribution in [0.25, 0.3) is 0 Å². The second kappa shape index (κ2) is 11.4. The van der Waals surface area contributed by atoms with E-state index in [1.807, 2.05) is 0 Å². The molecule has 4 heteroatoms. The molecule has 0 spiro atoms. The number of hydrogen-bond acceptors (Lipinski definition) is 4. The van der Waals surface area contributed by atoms with Crippen molar-refractivity contribution in [2.24, 2.45) is 0 Å². The van der Waals surface area contributed by atoms with E-state index in [9.17, 15) is 4.79 Å². The molecule has 0 aromatic rings. The third-order valence-corrected chi connectivity index (χ3v) is 2.63. The number of thioether (sulfide) groups is 1. The summed E-state index contributed by atoms with van der Waals surface area (Å²) in [5.41, 5.74) is 0. The zero-order chi connectivity index (χ0) is 11.4. The van der Waals surface area contributed by atoms with Gasteiger partial charge in [-0.1, -0.05) is 25.7 Å². The second-order valence-electron chi connectivity index (χ2n) is 3.40. The summed E-state index contributed by atoms with van der Waals surface area (Å²) in [7, 11) is 0. The molecule has 0 radical (unpaired) electrons. The van der Waals surface area contributed by atoms with Gasteiger partial charge in [0.1, 0.15) is 5.40 Å².